The Hall–Kier alpha value is -3.73. The highest BCUT2D eigenvalue weighted by atomic mass is 16.3. The highest BCUT2D eigenvalue weighted by Crippen LogP contribution is 2.35. The number of aromatic amines is 2. The number of aromatic hydroxyl groups is 2. The van der Waals surface area contributed by atoms with Gasteiger partial charge in [0.2, 0.25) is 5.78 Å². The summed E-state index contributed by atoms with van der Waals surface area (Å²) in [6, 6.07) is 17.3. The van der Waals surface area contributed by atoms with Gasteiger partial charge in [-0.3, -0.25) is 4.79 Å². The van der Waals surface area contributed by atoms with Crippen LogP contribution in [0.25, 0.3) is 22.3 Å². The molecule has 0 saturated carbocycles. The van der Waals surface area contributed by atoms with Crippen molar-refractivity contribution in [1.29, 1.82) is 0 Å². The predicted octanol–water partition coefficient (Wildman–Crippen LogP) is 4.32. The van der Waals surface area contributed by atoms with Crippen LogP contribution >= 0.6 is 0 Å². The van der Waals surface area contributed by atoms with Crippen molar-refractivity contribution in [2.75, 3.05) is 0 Å². The van der Waals surface area contributed by atoms with Crippen molar-refractivity contribution >= 4 is 5.78 Å². The molecule has 4 aromatic rings. The van der Waals surface area contributed by atoms with Crippen LogP contribution in [0.2, 0.25) is 0 Å². The van der Waals surface area contributed by atoms with Gasteiger partial charge in [-0.25, -0.2) is 0 Å². The number of nitrogens with one attached hydrogen (secondary N) is 2. The molecule has 0 unspecified atom stereocenters. The Morgan fingerprint density at radius 1 is 0.615 bits per heavy atom. The Morgan fingerprint density at radius 2 is 1.04 bits per heavy atom. The molecule has 0 fully saturated rings. The summed E-state index contributed by atoms with van der Waals surface area (Å²) in [5.74, 6) is -0.0429. The Balaban J connectivity index is 1.81. The van der Waals surface area contributed by atoms with Gasteiger partial charge >= 0.3 is 0 Å². The van der Waals surface area contributed by atoms with Gasteiger partial charge in [-0.15, -0.1) is 0 Å². The normalized spacial score (nSPS) is 10.8. The number of para-hydroxylation sites is 2. The van der Waals surface area contributed by atoms with Gasteiger partial charge in [0.15, 0.2) is 0 Å². The largest absolute Gasteiger partial charge is 0.507 e. The first-order chi connectivity index (χ1) is 12.7. The van der Waals surface area contributed by atoms with Crippen molar-refractivity contribution in [3.05, 3.63) is 84.4 Å². The van der Waals surface area contributed by atoms with Gasteiger partial charge in [-0.05, 0) is 24.3 Å². The van der Waals surface area contributed by atoms with E-state index in [2.05, 4.69) is 9.97 Å². The molecule has 0 aliphatic heterocycles. The van der Waals surface area contributed by atoms with Gasteiger partial charge in [0.25, 0.3) is 0 Å². The van der Waals surface area contributed by atoms with Crippen molar-refractivity contribution in [2.24, 2.45) is 0 Å². The minimum Gasteiger partial charge on any atom is -0.507 e. The van der Waals surface area contributed by atoms with Crippen molar-refractivity contribution in [3.8, 4) is 33.8 Å². The summed E-state index contributed by atoms with van der Waals surface area (Å²) < 4.78 is 0. The Bertz CT molecular complexity index is 1010. The molecule has 0 bridgehead atoms. The van der Waals surface area contributed by atoms with E-state index in [0.717, 1.165) is 0 Å². The van der Waals surface area contributed by atoms with Crippen LogP contribution in [0.3, 0.4) is 0 Å². The van der Waals surface area contributed by atoms with E-state index < -0.39 is 0 Å². The second-order valence-corrected chi connectivity index (χ2v) is 5.90. The molecule has 0 amide bonds. The standard InChI is InChI=1S/C21H16N2O3/c24-17-7-3-1-5-13(17)15-9-11-22-19(15)21(26)20-16(10-12-23-20)14-6-2-4-8-18(14)25/h1-12,22-25H. The zero-order chi connectivity index (χ0) is 18.1. The highest BCUT2D eigenvalue weighted by molar-refractivity contribution is 6.14. The van der Waals surface area contributed by atoms with Crippen LogP contribution in [0.15, 0.2) is 73.1 Å². The lowest BCUT2D eigenvalue weighted by molar-refractivity contribution is 0.103. The summed E-state index contributed by atoms with van der Waals surface area (Å²) >= 11 is 0. The van der Waals surface area contributed by atoms with Gasteiger partial charge in [0.1, 0.15) is 11.5 Å². The topological polar surface area (TPSA) is 89.1 Å². The number of phenolic OH excluding ortho intramolecular Hbond substituents is 2. The lowest BCUT2D eigenvalue weighted by Gasteiger charge is -2.08. The van der Waals surface area contributed by atoms with Crippen LogP contribution in [0.4, 0.5) is 0 Å². The minimum absolute atomic E-state index is 0.105. The average Bonchev–Trinajstić information content (AvgIpc) is 3.31. The first-order valence-corrected chi connectivity index (χ1v) is 8.13. The van der Waals surface area contributed by atoms with Gasteiger partial charge in [0.05, 0.1) is 11.4 Å². The maximum absolute atomic E-state index is 13.2. The number of aromatic nitrogens is 2. The highest BCUT2D eigenvalue weighted by Gasteiger charge is 2.22. The fourth-order valence-corrected chi connectivity index (χ4v) is 3.09. The van der Waals surface area contributed by atoms with Crippen LogP contribution in [0.5, 0.6) is 11.5 Å². The van der Waals surface area contributed by atoms with E-state index in [4.69, 9.17) is 0 Å². The molecular weight excluding hydrogens is 328 g/mol. The van der Waals surface area contributed by atoms with Gasteiger partial charge in [0, 0.05) is 34.6 Å². The fourth-order valence-electron chi connectivity index (χ4n) is 3.09. The second kappa shape index (κ2) is 6.29. The predicted molar refractivity (Wildman–Crippen MR) is 99.2 cm³/mol. The minimum atomic E-state index is -0.253. The molecule has 0 spiro atoms. The maximum atomic E-state index is 13.2. The molecule has 4 rings (SSSR count). The molecule has 5 nitrogen and oxygen atoms in total. The fraction of sp³-hybridized carbons (Fsp3) is 0. The Labute approximate surface area is 149 Å². The SMILES string of the molecule is O=C(c1[nH]ccc1-c1ccccc1O)c1[nH]ccc1-c1ccccc1O. The summed E-state index contributed by atoms with van der Waals surface area (Å²) in [4.78, 5) is 19.1. The van der Waals surface area contributed by atoms with E-state index in [1.54, 1.807) is 73.1 Å². The molecule has 5 heteroatoms. The van der Waals surface area contributed by atoms with E-state index in [0.29, 0.717) is 33.6 Å². The van der Waals surface area contributed by atoms with Crippen LogP contribution in [-0.4, -0.2) is 26.0 Å². The quantitative estimate of drug-likeness (QED) is 0.416. The van der Waals surface area contributed by atoms with E-state index in [1.165, 1.54) is 0 Å². The van der Waals surface area contributed by atoms with Crippen LogP contribution in [0, 0.1) is 0 Å². The lowest BCUT2D eigenvalue weighted by atomic mass is 9.98. The Kier molecular flexibility index (Phi) is 3.82. The van der Waals surface area contributed by atoms with Crippen LogP contribution in [0.1, 0.15) is 16.2 Å². The molecule has 2 aromatic heterocycles. The second-order valence-electron chi connectivity index (χ2n) is 5.90. The number of H-pyrrole nitrogens is 2. The molecule has 2 heterocycles. The molecule has 0 radical (unpaired) electrons. The third-order valence-electron chi connectivity index (χ3n) is 4.34. The van der Waals surface area contributed by atoms with Crippen molar-refractivity contribution in [2.45, 2.75) is 0 Å². The summed E-state index contributed by atoms with van der Waals surface area (Å²) in [6.45, 7) is 0. The zero-order valence-electron chi connectivity index (χ0n) is 13.7. The van der Waals surface area contributed by atoms with Crippen molar-refractivity contribution < 1.29 is 15.0 Å². The van der Waals surface area contributed by atoms with Crippen LogP contribution in [-0.2, 0) is 0 Å². The van der Waals surface area contributed by atoms with Crippen molar-refractivity contribution in [3.63, 3.8) is 0 Å². The number of carbonyl (C=O) groups excluding carboxylic acids is 1. The first kappa shape index (κ1) is 15.8. The van der Waals surface area contributed by atoms with E-state index in [-0.39, 0.29) is 17.3 Å². The Morgan fingerprint density at radius 3 is 1.46 bits per heavy atom. The number of carbonyl (C=O) groups is 1. The number of hydrogen-bond acceptors (Lipinski definition) is 3. The molecular formula is C21H16N2O3. The van der Waals surface area contributed by atoms with Gasteiger partial charge in [-0.2, -0.15) is 0 Å². The smallest absolute Gasteiger partial charge is 0.226 e. The summed E-state index contributed by atoms with van der Waals surface area (Å²) in [5.41, 5.74) is 3.12. The molecule has 0 aliphatic carbocycles. The van der Waals surface area contributed by atoms with Crippen molar-refractivity contribution in [1.82, 2.24) is 9.97 Å². The number of ketones is 1. The number of hydrogen-bond donors (Lipinski definition) is 4. The van der Waals surface area contributed by atoms with Gasteiger partial charge in [-0.1, -0.05) is 36.4 Å². The maximum Gasteiger partial charge on any atom is 0.226 e. The van der Waals surface area contributed by atoms with E-state index in [1.807, 2.05) is 0 Å². The van der Waals surface area contributed by atoms with E-state index >= 15 is 0 Å². The molecule has 0 aliphatic rings. The monoisotopic (exact) mass is 344 g/mol. The first-order valence-electron chi connectivity index (χ1n) is 8.13. The molecule has 128 valence electrons. The average molecular weight is 344 g/mol. The summed E-state index contributed by atoms with van der Waals surface area (Å²) in [6.07, 6.45) is 3.33. The summed E-state index contributed by atoms with van der Waals surface area (Å²) in [7, 11) is 0. The third kappa shape index (κ3) is 2.56. The third-order valence-corrected chi connectivity index (χ3v) is 4.34. The number of benzene rings is 2. The number of rotatable bonds is 4. The molecule has 2 aromatic carbocycles. The lowest BCUT2D eigenvalue weighted by Crippen LogP contribution is -2.05. The van der Waals surface area contributed by atoms with Gasteiger partial charge < -0.3 is 20.2 Å². The van der Waals surface area contributed by atoms with E-state index in [9.17, 15) is 15.0 Å². The zero-order valence-corrected chi connectivity index (χ0v) is 13.7. The summed E-state index contributed by atoms with van der Waals surface area (Å²) in [5, 5.41) is 20.2. The molecule has 4 N–H and O–H groups in total. The molecule has 0 saturated heterocycles. The molecule has 0 atom stereocenters. The van der Waals surface area contributed by atoms with Crippen LogP contribution < -0.4 is 0 Å². The molecule has 26 heavy (non-hydrogen) atoms. The number of phenols is 2.